The second kappa shape index (κ2) is 8.04. The molecule has 4 N–H and O–H groups in total. The SMILES string of the molecule is COc1ccc2c(c1)[C@H](Nc1ncnc3c1ncn3[C@@H]1O[C@H](CO)[C@@H](O)[C@H]1O)CCC2. The number of aliphatic hydroxyl groups is 3. The zero-order valence-corrected chi connectivity index (χ0v) is 17.0. The minimum absolute atomic E-state index is 0.0519. The van der Waals surface area contributed by atoms with Gasteiger partial charge in [0.1, 0.15) is 30.4 Å². The summed E-state index contributed by atoms with van der Waals surface area (Å²) in [6.07, 6.45) is 1.78. The highest BCUT2D eigenvalue weighted by atomic mass is 16.6. The van der Waals surface area contributed by atoms with E-state index in [1.165, 1.54) is 23.8 Å². The molecule has 1 aliphatic carbocycles. The van der Waals surface area contributed by atoms with Crippen molar-refractivity contribution in [1.29, 1.82) is 0 Å². The molecule has 3 aromatic rings. The number of aryl methyl sites for hydroxylation is 1. The molecule has 0 amide bonds. The van der Waals surface area contributed by atoms with Gasteiger partial charge in [-0.3, -0.25) is 4.57 Å². The Balaban J connectivity index is 1.47. The fourth-order valence-electron chi connectivity index (χ4n) is 4.47. The molecule has 0 bridgehead atoms. The Kier molecular flexibility index (Phi) is 5.22. The fourth-order valence-corrected chi connectivity index (χ4v) is 4.47. The maximum absolute atomic E-state index is 10.4. The molecule has 0 unspecified atom stereocenters. The lowest BCUT2D eigenvalue weighted by atomic mass is 9.87. The first-order valence-electron chi connectivity index (χ1n) is 10.3. The predicted molar refractivity (Wildman–Crippen MR) is 111 cm³/mol. The normalized spacial score (nSPS) is 27.9. The second-order valence-corrected chi connectivity index (χ2v) is 7.93. The van der Waals surface area contributed by atoms with Crippen molar-refractivity contribution in [2.75, 3.05) is 19.0 Å². The number of hydrogen-bond acceptors (Lipinski definition) is 9. The summed E-state index contributed by atoms with van der Waals surface area (Å²) in [7, 11) is 1.66. The van der Waals surface area contributed by atoms with Gasteiger partial charge >= 0.3 is 0 Å². The number of nitrogens with zero attached hydrogens (tertiary/aromatic N) is 4. The molecule has 3 heterocycles. The number of aromatic nitrogens is 4. The van der Waals surface area contributed by atoms with Gasteiger partial charge in [-0.1, -0.05) is 6.07 Å². The highest BCUT2D eigenvalue weighted by molar-refractivity contribution is 5.83. The number of ether oxygens (including phenoxy) is 2. The number of benzene rings is 1. The Bertz CT molecular complexity index is 1090. The molecule has 1 aliphatic heterocycles. The zero-order chi connectivity index (χ0) is 21.5. The van der Waals surface area contributed by atoms with E-state index >= 15 is 0 Å². The van der Waals surface area contributed by atoms with E-state index in [-0.39, 0.29) is 6.04 Å². The number of imidazole rings is 1. The average molecular weight is 427 g/mol. The molecule has 5 atom stereocenters. The van der Waals surface area contributed by atoms with Crippen LogP contribution in [0.5, 0.6) is 5.75 Å². The van der Waals surface area contributed by atoms with E-state index in [4.69, 9.17) is 9.47 Å². The first-order chi connectivity index (χ1) is 15.1. The summed E-state index contributed by atoms with van der Waals surface area (Å²) in [5.74, 6) is 1.39. The zero-order valence-electron chi connectivity index (χ0n) is 17.0. The number of rotatable bonds is 5. The van der Waals surface area contributed by atoms with Crippen molar-refractivity contribution < 1.29 is 24.8 Å². The van der Waals surface area contributed by atoms with Crippen molar-refractivity contribution >= 4 is 17.0 Å². The molecule has 164 valence electrons. The van der Waals surface area contributed by atoms with Gasteiger partial charge in [-0.2, -0.15) is 0 Å². The maximum Gasteiger partial charge on any atom is 0.167 e. The Labute approximate surface area is 178 Å². The molecule has 10 heteroatoms. The summed E-state index contributed by atoms with van der Waals surface area (Å²) >= 11 is 0. The third kappa shape index (κ3) is 3.41. The molecule has 31 heavy (non-hydrogen) atoms. The van der Waals surface area contributed by atoms with Gasteiger partial charge < -0.3 is 30.1 Å². The summed E-state index contributed by atoms with van der Waals surface area (Å²) in [4.78, 5) is 13.2. The molecular weight excluding hydrogens is 402 g/mol. The lowest BCUT2D eigenvalue weighted by Crippen LogP contribution is -2.33. The highest BCUT2D eigenvalue weighted by Gasteiger charge is 2.44. The van der Waals surface area contributed by atoms with E-state index in [9.17, 15) is 15.3 Å². The van der Waals surface area contributed by atoms with Gasteiger partial charge in [-0.25, -0.2) is 15.0 Å². The predicted octanol–water partition coefficient (Wildman–Crippen LogP) is 0.936. The molecule has 0 saturated carbocycles. The molecular formula is C21H25N5O5. The monoisotopic (exact) mass is 427 g/mol. The van der Waals surface area contributed by atoms with Crippen LogP contribution in [0.25, 0.3) is 11.2 Å². The molecule has 2 aliphatic rings. The first-order valence-corrected chi connectivity index (χ1v) is 10.3. The van der Waals surface area contributed by atoms with Crippen LogP contribution in [-0.2, 0) is 11.2 Å². The van der Waals surface area contributed by atoms with Gasteiger partial charge in [0.05, 0.1) is 26.1 Å². The number of anilines is 1. The van der Waals surface area contributed by atoms with Gasteiger partial charge in [0.25, 0.3) is 0 Å². The number of nitrogens with one attached hydrogen (secondary N) is 1. The highest BCUT2D eigenvalue weighted by Crippen LogP contribution is 2.36. The van der Waals surface area contributed by atoms with Gasteiger partial charge in [0, 0.05) is 0 Å². The first kappa shape index (κ1) is 20.1. The van der Waals surface area contributed by atoms with Crippen LogP contribution in [0.1, 0.15) is 36.2 Å². The van der Waals surface area contributed by atoms with E-state index in [0.29, 0.717) is 17.0 Å². The number of hydrogen-bond donors (Lipinski definition) is 4. The molecule has 0 spiro atoms. The summed E-state index contributed by atoms with van der Waals surface area (Å²) in [6.45, 7) is -0.395. The minimum atomic E-state index is -1.21. The van der Waals surface area contributed by atoms with Crippen molar-refractivity contribution in [3.63, 3.8) is 0 Å². The molecule has 2 aromatic heterocycles. The van der Waals surface area contributed by atoms with E-state index in [1.54, 1.807) is 11.7 Å². The van der Waals surface area contributed by atoms with Crippen molar-refractivity contribution in [3.05, 3.63) is 42.0 Å². The van der Waals surface area contributed by atoms with Crippen LogP contribution in [-0.4, -0.2) is 66.9 Å². The minimum Gasteiger partial charge on any atom is -0.497 e. The Morgan fingerprint density at radius 2 is 2.10 bits per heavy atom. The summed E-state index contributed by atoms with van der Waals surface area (Å²) in [6, 6.07) is 6.19. The van der Waals surface area contributed by atoms with Gasteiger partial charge in [-0.15, -0.1) is 0 Å². The van der Waals surface area contributed by atoms with Crippen molar-refractivity contribution in [2.24, 2.45) is 0 Å². The Morgan fingerprint density at radius 1 is 1.23 bits per heavy atom. The molecule has 0 radical (unpaired) electrons. The van der Waals surface area contributed by atoms with Gasteiger partial charge in [-0.05, 0) is 42.5 Å². The third-order valence-electron chi connectivity index (χ3n) is 6.13. The van der Waals surface area contributed by atoms with Crippen LogP contribution in [0.15, 0.2) is 30.9 Å². The van der Waals surface area contributed by atoms with Crippen molar-refractivity contribution in [2.45, 2.75) is 49.8 Å². The van der Waals surface area contributed by atoms with Crippen LogP contribution in [0, 0.1) is 0 Å². The number of methoxy groups -OCH3 is 1. The number of aliphatic hydroxyl groups excluding tert-OH is 3. The lowest BCUT2D eigenvalue weighted by molar-refractivity contribution is -0.0511. The third-order valence-corrected chi connectivity index (χ3v) is 6.13. The van der Waals surface area contributed by atoms with Crippen molar-refractivity contribution in [1.82, 2.24) is 19.5 Å². The lowest BCUT2D eigenvalue weighted by Gasteiger charge is -2.27. The summed E-state index contributed by atoms with van der Waals surface area (Å²) < 4.78 is 12.6. The van der Waals surface area contributed by atoms with E-state index in [1.807, 2.05) is 6.07 Å². The molecule has 5 rings (SSSR count). The van der Waals surface area contributed by atoms with Crippen LogP contribution < -0.4 is 10.1 Å². The van der Waals surface area contributed by atoms with E-state index < -0.39 is 31.1 Å². The topological polar surface area (TPSA) is 135 Å². The largest absolute Gasteiger partial charge is 0.497 e. The smallest absolute Gasteiger partial charge is 0.167 e. The average Bonchev–Trinajstić information content (AvgIpc) is 3.35. The van der Waals surface area contributed by atoms with Crippen molar-refractivity contribution in [3.8, 4) is 5.75 Å². The van der Waals surface area contributed by atoms with Crippen LogP contribution in [0.2, 0.25) is 0 Å². The Hall–Kier alpha value is -2.79. The Morgan fingerprint density at radius 3 is 2.87 bits per heavy atom. The van der Waals surface area contributed by atoms with Gasteiger partial charge in [0.15, 0.2) is 23.2 Å². The van der Waals surface area contributed by atoms with Crippen LogP contribution in [0.4, 0.5) is 5.82 Å². The quantitative estimate of drug-likeness (QED) is 0.469. The maximum atomic E-state index is 10.4. The fraction of sp³-hybridized carbons (Fsp3) is 0.476. The molecule has 1 fully saturated rings. The van der Waals surface area contributed by atoms with Crippen LogP contribution >= 0.6 is 0 Å². The number of fused-ring (bicyclic) bond motifs is 2. The van der Waals surface area contributed by atoms with E-state index in [2.05, 4.69) is 32.4 Å². The summed E-state index contributed by atoms with van der Waals surface area (Å²) in [5.41, 5.74) is 3.47. The van der Waals surface area contributed by atoms with Gasteiger partial charge in [0.2, 0.25) is 0 Å². The van der Waals surface area contributed by atoms with E-state index in [0.717, 1.165) is 25.0 Å². The summed E-state index contributed by atoms with van der Waals surface area (Å²) in [5, 5.41) is 33.3. The second-order valence-electron chi connectivity index (χ2n) is 7.93. The molecule has 10 nitrogen and oxygen atoms in total. The van der Waals surface area contributed by atoms with Crippen LogP contribution in [0.3, 0.4) is 0 Å². The molecule has 1 saturated heterocycles. The molecule has 1 aromatic carbocycles. The standard InChI is InChI=1S/C21H25N5O5/c1-30-12-6-5-11-3-2-4-14(13(11)7-12)25-19-16-20(23-9-22-19)26(10-24-16)21-18(29)17(28)15(8-27)31-21/h5-7,9-10,14-15,17-18,21,27-29H,2-4,8H2,1H3,(H,22,23,25)/t14-,15-,17-,18-,21-/m1/s1.